The van der Waals surface area contributed by atoms with Crippen LogP contribution in [0, 0.1) is 0 Å². The second-order valence-electron chi connectivity index (χ2n) is 2.89. The Bertz CT molecular complexity index is 403. The number of thioether (sulfide) groups is 1. The Morgan fingerprint density at radius 3 is 2.44 bits per heavy atom. The number of carbonyl (C=O) groups is 3. The number of hydrogen-bond acceptors (Lipinski definition) is 4. The Hall–Kier alpha value is -1.82. The van der Waals surface area contributed by atoms with Crippen molar-refractivity contribution in [3.05, 3.63) is 29.8 Å². The van der Waals surface area contributed by atoms with Gasteiger partial charge in [-0.15, -0.1) is 11.8 Å². The van der Waals surface area contributed by atoms with Crippen LogP contribution in [0.1, 0.15) is 10.4 Å². The van der Waals surface area contributed by atoms with Gasteiger partial charge in [0.15, 0.2) is 0 Å². The summed E-state index contributed by atoms with van der Waals surface area (Å²) >= 11 is 1.25. The summed E-state index contributed by atoms with van der Waals surface area (Å²) in [6.45, 7) is 0. The summed E-state index contributed by atoms with van der Waals surface area (Å²) in [5.41, 5.74) is 5.36. The average Bonchev–Trinajstić information content (AvgIpc) is 2.26. The van der Waals surface area contributed by atoms with Gasteiger partial charge in [0.2, 0.25) is 5.91 Å². The molecule has 0 spiro atoms. The highest BCUT2D eigenvalue weighted by atomic mass is 32.2. The molecule has 1 aromatic rings. The molecule has 0 saturated carbocycles. The van der Waals surface area contributed by atoms with Crippen LogP contribution in [0.2, 0.25) is 0 Å². The third-order valence-electron chi connectivity index (χ3n) is 1.65. The fourth-order valence-electron chi connectivity index (χ4n) is 0.965. The van der Waals surface area contributed by atoms with E-state index < -0.39 is 11.9 Å². The summed E-state index contributed by atoms with van der Waals surface area (Å²) in [7, 11) is 0. The molecule has 1 rings (SSSR count). The number of primary amides is 1. The molecule has 0 saturated heterocycles. The third kappa shape index (κ3) is 4.14. The minimum atomic E-state index is -0.859. The Morgan fingerprint density at radius 1 is 1.31 bits per heavy atom. The number of hydrogen-bond donors (Lipinski definition) is 2. The maximum atomic E-state index is 11.1. The van der Waals surface area contributed by atoms with Crippen molar-refractivity contribution < 1.29 is 14.4 Å². The molecule has 0 atom stereocenters. The molecule has 0 fully saturated rings. The molecule has 0 aliphatic carbocycles. The molecule has 0 radical (unpaired) electrons. The molecule has 5 nitrogen and oxygen atoms in total. The van der Waals surface area contributed by atoms with Crippen LogP contribution in [0.15, 0.2) is 29.2 Å². The zero-order valence-electron chi connectivity index (χ0n) is 8.30. The van der Waals surface area contributed by atoms with E-state index >= 15 is 0 Å². The molecule has 0 unspecified atom stereocenters. The van der Waals surface area contributed by atoms with E-state index in [2.05, 4.69) is 0 Å². The maximum absolute atomic E-state index is 11.1. The Morgan fingerprint density at radius 2 is 1.94 bits per heavy atom. The van der Waals surface area contributed by atoms with Gasteiger partial charge in [0.1, 0.15) is 6.29 Å². The topological polar surface area (TPSA) is 89.3 Å². The predicted octanol–water partition coefficient (Wildman–Crippen LogP) is 0.786. The van der Waals surface area contributed by atoms with Crippen LogP contribution in [-0.2, 0) is 4.79 Å². The van der Waals surface area contributed by atoms with Crippen molar-refractivity contribution in [2.24, 2.45) is 5.73 Å². The summed E-state index contributed by atoms with van der Waals surface area (Å²) in [4.78, 5) is 32.6. The molecule has 84 valence electrons. The average molecular weight is 238 g/mol. The minimum Gasteiger partial charge on any atom is -0.351 e. The largest absolute Gasteiger partial charge is 0.351 e. The van der Waals surface area contributed by atoms with Gasteiger partial charge in [0.05, 0.1) is 5.75 Å². The first-order valence-electron chi connectivity index (χ1n) is 4.39. The number of imide groups is 1. The third-order valence-corrected chi connectivity index (χ3v) is 2.66. The quantitative estimate of drug-likeness (QED) is 0.599. The first kappa shape index (κ1) is 12.3. The molecule has 0 aliphatic rings. The van der Waals surface area contributed by atoms with Gasteiger partial charge in [0.25, 0.3) is 0 Å². The smallest absolute Gasteiger partial charge is 0.318 e. The normalized spacial score (nSPS) is 9.50. The molecular formula is C10H10N2O3S. The van der Waals surface area contributed by atoms with E-state index in [0.717, 1.165) is 11.2 Å². The first-order chi connectivity index (χ1) is 7.61. The van der Waals surface area contributed by atoms with E-state index in [1.165, 1.54) is 11.8 Å². The van der Waals surface area contributed by atoms with Crippen LogP contribution in [0.4, 0.5) is 4.79 Å². The summed E-state index contributed by atoms with van der Waals surface area (Å²) in [5, 5.41) is 1.96. The molecule has 3 N–H and O–H groups in total. The number of nitrogens with two attached hydrogens (primary N) is 1. The van der Waals surface area contributed by atoms with Gasteiger partial charge >= 0.3 is 6.03 Å². The molecule has 0 bridgehead atoms. The predicted molar refractivity (Wildman–Crippen MR) is 60.3 cm³/mol. The number of urea groups is 1. The summed E-state index contributed by atoms with van der Waals surface area (Å²) in [6.07, 6.45) is 0.744. The van der Waals surface area contributed by atoms with E-state index in [-0.39, 0.29) is 5.75 Å². The molecule has 0 heterocycles. The first-order valence-corrected chi connectivity index (χ1v) is 5.37. The zero-order valence-corrected chi connectivity index (χ0v) is 9.12. The highest BCUT2D eigenvalue weighted by Gasteiger charge is 2.04. The van der Waals surface area contributed by atoms with E-state index in [1.807, 2.05) is 5.32 Å². The van der Waals surface area contributed by atoms with Crippen molar-refractivity contribution >= 4 is 30.0 Å². The van der Waals surface area contributed by atoms with E-state index in [1.54, 1.807) is 24.3 Å². The Balaban J connectivity index is 2.45. The van der Waals surface area contributed by atoms with E-state index in [0.29, 0.717) is 5.56 Å². The van der Waals surface area contributed by atoms with Crippen LogP contribution < -0.4 is 11.1 Å². The lowest BCUT2D eigenvalue weighted by atomic mass is 10.2. The SMILES string of the molecule is NC(=O)NC(=O)CSc1ccc(C=O)cc1. The minimum absolute atomic E-state index is 0.101. The van der Waals surface area contributed by atoms with Gasteiger partial charge in [-0.2, -0.15) is 0 Å². The molecule has 3 amide bonds. The molecule has 6 heteroatoms. The Kier molecular flexibility index (Phi) is 4.53. The van der Waals surface area contributed by atoms with Crippen molar-refractivity contribution in [1.82, 2.24) is 5.32 Å². The summed E-state index contributed by atoms with van der Waals surface area (Å²) in [5.74, 6) is -0.347. The van der Waals surface area contributed by atoms with Crippen LogP contribution >= 0.6 is 11.8 Å². The van der Waals surface area contributed by atoms with Gasteiger partial charge in [-0.25, -0.2) is 4.79 Å². The number of aldehydes is 1. The van der Waals surface area contributed by atoms with Crippen molar-refractivity contribution in [2.45, 2.75) is 4.90 Å². The highest BCUT2D eigenvalue weighted by Crippen LogP contribution is 2.17. The number of amides is 3. The number of carbonyl (C=O) groups excluding carboxylic acids is 3. The highest BCUT2D eigenvalue weighted by molar-refractivity contribution is 8.00. The van der Waals surface area contributed by atoms with Gasteiger partial charge < -0.3 is 5.73 Å². The van der Waals surface area contributed by atoms with Crippen molar-refractivity contribution in [2.75, 3.05) is 5.75 Å². The lowest BCUT2D eigenvalue weighted by molar-refractivity contribution is -0.117. The van der Waals surface area contributed by atoms with Crippen molar-refractivity contribution in [1.29, 1.82) is 0 Å². The number of nitrogens with one attached hydrogen (secondary N) is 1. The molecular weight excluding hydrogens is 228 g/mol. The second-order valence-corrected chi connectivity index (χ2v) is 3.94. The summed E-state index contributed by atoms with van der Waals surface area (Å²) < 4.78 is 0. The van der Waals surface area contributed by atoms with Crippen LogP contribution in [0.25, 0.3) is 0 Å². The lowest BCUT2D eigenvalue weighted by Gasteiger charge is -2.01. The monoisotopic (exact) mass is 238 g/mol. The standard InChI is InChI=1S/C10H10N2O3S/c11-10(15)12-9(14)6-16-8-3-1-7(5-13)2-4-8/h1-5H,6H2,(H3,11,12,14,15). The van der Waals surface area contributed by atoms with Gasteiger partial charge in [-0.3, -0.25) is 14.9 Å². The van der Waals surface area contributed by atoms with Crippen molar-refractivity contribution in [3.63, 3.8) is 0 Å². The summed E-state index contributed by atoms with van der Waals surface area (Å²) in [6, 6.07) is 5.91. The van der Waals surface area contributed by atoms with Gasteiger partial charge in [-0.1, -0.05) is 12.1 Å². The van der Waals surface area contributed by atoms with Gasteiger partial charge in [-0.05, 0) is 12.1 Å². The van der Waals surface area contributed by atoms with Crippen LogP contribution in [0.5, 0.6) is 0 Å². The maximum Gasteiger partial charge on any atom is 0.318 e. The zero-order chi connectivity index (χ0) is 12.0. The molecule has 1 aromatic carbocycles. The van der Waals surface area contributed by atoms with Gasteiger partial charge in [0, 0.05) is 10.5 Å². The van der Waals surface area contributed by atoms with Crippen molar-refractivity contribution in [3.8, 4) is 0 Å². The molecule has 0 aromatic heterocycles. The Labute approximate surface area is 96.4 Å². The lowest BCUT2D eigenvalue weighted by Crippen LogP contribution is -2.36. The molecule has 16 heavy (non-hydrogen) atoms. The number of benzene rings is 1. The van der Waals surface area contributed by atoms with Crippen LogP contribution in [0.3, 0.4) is 0 Å². The van der Waals surface area contributed by atoms with E-state index in [4.69, 9.17) is 5.73 Å². The number of rotatable bonds is 4. The van der Waals surface area contributed by atoms with Crippen LogP contribution in [-0.4, -0.2) is 24.0 Å². The molecule has 0 aliphatic heterocycles. The fraction of sp³-hybridized carbons (Fsp3) is 0.100. The second kappa shape index (κ2) is 5.92. The fourth-order valence-corrected chi connectivity index (χ4v) is 1.66. The van der Waals surface area contributed by atoms with E-state index in [9.17, 15) is 14.4 Å².